The molecule has 2 aromatic rings. The molecule has 7 heteroatoms. The van der Waals surface area contributed by atoms with Gasteiger partial charge in [-0.1, -0.05) is 19.1 Å². The summed E-state index contributed by atoms with van der Waals surface area (Å²) in [4.78, 5) is 4.29. The molecule has 2 aromatic carbocycles. The fourth-order valence-corrected chi connectivity index (χ4v) is 2.98. The largest absolute Gasteiger partial charge is 0.494 e. The van der Waals surface area contributed by atoms with Gasteiger partial charge in [-0.3, -0.25) is 4.99 Å². The molecule has 0 spiro atoms. The molecule has 164 valence electrons. The summed E-state index contributed by atoms with van der Waals surface area (Å²) in [5, 5.41) is 6.66. The highest BCUT2D eigenvalue weighted by Gasteiger charge is 2.13. The van der Waals surface area contributed by atoms with Gasteiger partial charge in [0.15, 0.2) is 17.5 Å². The first-order valence-corrected chi connectivity index (χ1v) is 10.1. The summed E-state index contributed by atoms with van der Waals surface area (Å²) in [6.07, 6.45) is 1.87. The Morgan fingerprint density at radius 2 is 1.67 bits per heavy atom. The van der Waals surface area contributed by atoms with Gasteiger partial charge in [0.2, 0.25) is 5.75 Å². The standard InChI is InChI=1S/C23H33N3O4/c1-6-12-30-19-9-7-8-17(13-19)10-11-25-23(24-2)26-16-18-14-20(27-3)22(29-5)21(15-18)28-4/h7-9,13-15H,6,10-12,16H2,1-5H3,(H2,24,25,26). The van der Waals surface area contributed by atoms with Crippen LogP contribution in [0.5, 0.6) is 23.0 Å². The Bertz CT molecular complexity index is 799. The van der Waals surface area contributed by atoms with Gasteiger partial charge in [0, 0.05) is 20.1 Å². The highest BCUT2D eigenvalue weighted by Crippen LogP contribution is 2.38. The van der Waals surface area contributed by atoms with E-state index in [4.69, 9.17) is 18.9 Å². The Morgan fingerprint density at radius 3 is 2.27 bits per heavy atom. The number of hydrogen-bond acceptors (Lipinski definition) is 5. The molecule has 0 heterocycles. The zero-order valence-corrected chi connectivity index (χ0v) is 18.6. The molecule has 7 nitrogen and oxygen atoms in total. The van der Waals surface area contributed by atoms with E-state index in [9.17, 15) is 0 Å². The van der Waals surface area contributed by atoms with E-state index in [2.05, 4.69) is 34.7 Å². The van der Waals surface area contributed by atoms with E-state index in [0.717, 1.165) is 43.3 Å². The molecule has 0 unspecified atom stereocenters. The first kappa shape index (κ1) is 23.2. The van der Waals surface area contributed by atoms with E-state index in [1.165, 1.54) is 5.56 Å². The number of ether oxygens (including phenoxy) is 4. The van der Waals surface area contributed by atoms with Gasteiger partial charge in [0.25, 0.3) is 0 Å². The van der Waals surface area contributed by atoms with Crippen molar-refractivity contribution in [3.8, 4) is 23.0 Å². The molecular weight excluding hydrogens is 382 g/mol. The second-order valence-corrected chi connectivity index (χ2v) is 6.63. The Balaban J connectivity index is 1.90. The highest BCUT2D eigenvalue weighted by atomic mass is 16.5. The molecule has 0 saturated heterocycles. The second kappa shape index (κ2) is 12.5. The van der Waals surface area contributed by atoms with Crippen LogP contribution in [0.2, 0.25) is 0 Å². The maximum absolute atomic E-state index is 5.70. The number of rotatable bonds is 11. The fourth-order valence-electron chi connectivity index (χ4n) is 2.98. The van der Waals surface area contributed by atoms with Gasteiger partial charge in [-0.25, -0.2) is 0 Å². The van der Waals surface area contributed by atoms with Crippen LogP contribution >= 0.6 is 0 Å². The first-order chi connectivity index (χ1) is 14.6. The van der Waals surface area contributed by atoms with Gasteiger partial charge in [-0.2, -0.15) is 0 Å². The summed E-state index contributed by atoms with van der Waals surface area (Å²) in [6.45, 7) is 4.16. The number of methoxy groups -OCH3 is 3. The lowest BCUT2D eigenvalue weighted by molar-refractivity contribution is 0.317. The average Bonchev–Trinajstić information content (AvgIpc) is 2.79. The van der Waals surface area contributed by atoms with Gasteiger partial charge in [0.05, 0.1) is 27.9 Å². The zero-order valence-electron chi connectivity index (χ0n) is 18.6. The van der Waals surface area contributed by atoms with Crippen LogP contribution in [0.1, 0.15) is 24.5 Å². The number of guanidine groups is 1. The summed E-state index contributed by atoms with van der Waals surface area (Å²) >= 11 is 0. The van der Waals surface area contributed by atoms with Crippen LogP contribution in [0, 0.1) is 0 Å². The van der Waals surface area contributed by atoms with Crippen LogP contribution in [0.25, 0.3) is 0 Å². The van der Waals surface area contributed by atoms with Crippen molar-refractivity contribution in [2.45, 2.75) is 26.3 Å². The lowest BCUT2D eigenvalue weighted by atomic mass is 10.1. The fraction of sp³-hybridized carbons (Fsp3) is 0.435. The maximum Gasteiger partial charge on any atom is 0.203 e. The molecule has 0 aliphatic rings. The van der Waals surface area contributed by atoms with Crippen molar-refractivity contribution in [3.05, 3.63) is 47.5 Å². The Hall–Kier alpha value is -3.09. The van der Waals surface area contributed by atoms with Crippen molar-refractivity contribution < 1.29 is 18.9 Å². The summed E-state index contributed by atoms with van der Waals surface area (Å²) < 4.78 is 21.9. The van der Waals surface area contributed by atoms with Crippen molar-refractivity contribution >= 4 is 5.96 Å². The second-order valence-electron chi connectivity index (χ2n) is 6.63. The SMILES string of the molecule is CCCOc1cccc(CCNC(=NC)NCc2cc(OC)c(OC)c(OC)c2)c1. The van der Waals surface area contributed by atoms with Gasteiger partial charge in [-0.15, -0.1) is 0 Å². The van der Waals surface area contributed by atoms with Crippen molar-refractivity contribution in [2.75, 3.05) is 41.5 Å². The van der Waals surface area contributed by atoms with Crippen LogP contribution in [0.3, 0.4) is 0 Å². The lowest BCUT2D eigenvalue weighted by Crippen LogP contribution is -2.37. The molecule has 30 heavy (non-hydrogen) atoms. The molecule has 0 bridgehead atoms. The predicted octanol–water partition coefficient (Wildman–Crippen LogP) is 3.41. The van der Waals surface area contributed by atoms with E-state index in [1.807, 2.05) is 24.3 Å². The number of nitrogens with zero attached hydrogens (tertiary/aromatic N) is 1. The minimum Gasteiger partial charge on any atom is -0.494 e. The van der Waals surface area contributed by atoms with Gasteiger partial charge in [-0.05, 0) is 48.2 Å². The molecule has 0 fully saturated rings. The Morgan fingerprint density at radius 1 is 0.933 bits per heavy atom. The normalized spacial score (nSPS) is 11.0. The number of hydrogen-bond donors (Lipinski definition) is 2. The molecule has 0 aromatic heterocycles. The predicted molar refractivity (Wildman–Crippen MR) is 120 cm³/mol. The van der Waals surface area contributed by atoms with E-state index in [1.54, 1.807) is 28.4 Å². The highest BCUT2D eigenvalue weighted by molar-refractivity contribution is 5.79. The third-order valence-electron chi connectivity index (χ3n) is 4.49. The lowest BCUT2D eigenvalue weighted by Gasteiger charge is -2.16. The summed E-state index contributed by atoms with van der Waals surface area (Å²) in [5.74, 6) is 3.47. The van der Waals surface area contributed by atoms with E-state index >= 15 is 0 Å². The maximum atomic E-state index is 5.70. The summed E-state index contributed by atoms with van der Waals surface area (Å²) in [7, 11) is 6.56. The van der Waals surface area contributed by atoms with Crippen molar-refractivity contribution in [3.63, 3.8) is 0 Å². The molecule has 2 N–H and O–H groups in total. The van der Waals surface area contributed by atoms with Gasteiger partial charge >= 0.3 is 0 Å². The molecule has 0 atom stereocenters. The van der Waals surface area contributed by atoms with Crippen molar-refractivity contribution in [1.29, 1.82) is 0 Å². The molecule has 0 amide bonds. The molecule has 0 radical (unpaired) electrons. The van der Waals surface area contributed by atoms with E-state index < -0.39 is 0 Å². The molecule has 2 rings (SSSR count). The average molecular weight is 416 g/mol. The summed E-state index contributed by atoms with van der Waals surface area (Å²) in [6, 6.07) is 12.0. The monoisotopic (exact) mass is 415 g/mol. The van der Waals surface area contributed by atoms with Crippen LogP contribution in [0.4, 0.5) is 0 Å². The van der Waals surface area contributed by atoms with Gasteiger partial charge in [0.1, 0.15) is 5.75 Å². The third-order valence-corrected chi connectivity index (χ3v) is 4.49. The Labute approximate surface area is 179 Å². The van der Waals surface area contributed by atoms with Crippen molar-refractivity contribution in [2.24, 2.45) is 4.99 Å². The molecule has 0 aliphatic carbocycles. The molecular formula is C23H33N3O4. The third kappa shape index (κ3) is 6.76. The first-order valence-electron chi connectivity index (χ1n) is 10.1. The zero-order chi connectivity index (χ0) is 21.8. The number of nitrogens with one attached hydrogen (secondary N) is 2. The minimum absolute atomic E-state index is 0.566. The van der Waals surface area contributed by atoms with Crippen molar-refractivity contribution in [1.82, 2.24) is 10.6 Å². The number of aliphatic imine (C=N–C) groups is 1. The quantitative estimate of drug-likeness (QED) is 0.433. The summed E-state index contributed by atoms with van der Waals surface area (Å²) in [5.41, 5.74) is 2.21. The molecule has 0 aliphatic heterocycles. The van der Waals surface area contributed by atoms with E-state index in [-0.39, 0.29) is 0 Å². The van der Waals surface area contributed by atoms with Crippen LogP contribution in [0.15, 0.2) is 41.4 Å². The number of benzene rings is 2. The topological polar surface area (TPSA) is 73.3 Å². The van der Waals surface area contributed by atoms with Crippen LogP contribution in [-0.4, -0.2) is 47.5 Å². The minimum atomic E-state index is 0.566. The Kier molecular flexibility index (Phi) is 9.64. The van der Waals surface area contributed by atoms with Crippen LogP contribution < -0.4 is 29.6 Å². The van der Waals surface area contributed by atoms with Gasteiger partial charge < -0.3 is 29.6 Å². The van der Waals surface area contributed by atoms with E-state index in [0.29, 0.717) is 23.8 Å². The smallest absolute Gasteiger partial charge is 0.203 e. The van der Waals surface area contributed by atoms with Crippen LogP contribution in [-0.2, 0) is 13.0 Å². The molecule has 0 saturated carbocycles.